The van der Waals surface area contributed by atoms with Crippen LogP contribution in [-0.2, 0) is 32.9 Å². The molecule has 1 aromatic heterocycles. The highest BCUT2D eigenvalue weighted by atomic mass is 32.1. The Hall–Kier alpha value is -3.56. The lowest BCUT2D eigenvalue weighted by atomic mass is 9.80. The summed E-state index contributed by atoms with van der Waals surface area (Å²) in [5.41, 5.74) is 4.17. The minimum atomic E-state index is -0.703. The molecule has 0 spiro atoms. The van der Waals surface area contributed by atoms with Crippen LogP contribution in [0.3, 0.4) is 0 Å². The smallest absolute Gasteiger partial charge is 0.245 e. The molecule has 8 nitrogen and oxygen atoms in total. The van der Waals surface area contributed by atoms with Crippen LogP contribution in [0.4, 0.5) is 0 Å². The van der Waals surface area contributed by atoms with Gasteiger partial charge in [-0.1, -0.05) is 60.7 Å². The van der Waals surface area contributed by atoms with Crippen molar-refractivity contribution >= 4 is 29.1 Å². The molecule has 1 unspecified atom stereocenters. The van der Waals surface area contributed by atoms with Gasteiger partial charge in [-0.2, -0.15) is 0 Å². The number of carbonyl (C=O) groups is 3. The Bertz CT molecular complexity index is 1200. The third-order valence-electron chi connectivity index (χ3n) is 6.99. The largest absolute Gasteiger partial charge is 0.347 e. The summed E-state index contributed by atoms with van der Waals surface area (Å²) in [5.74, 6) is -0.413. The maximum absolute atomic E-state index is 13.4. The van der Waals surface area contributed by atoms with Crippen LogP contribution in [0.25, 0.3) is 0 Å². The second kappa shape index (κ2) is 12.8. The van der Waals surface area contributed by atoms with E-state index in [0.29, 0.717) is 38.9 Å². The lowest BCUT2D eigenvalue weighted by molar-refractivity contribution is -0.136. The number of piperidine rings is 1. The van der Waals surface area contributed by atoms with Crippen molar-refractivity contribution in [1.29, 1.82) is 0 Å². The van der Waals surface area contributed by atoms with Gasteiger partial charge in [-0.15, -0.1) is 11.3 Å². The maximum atomic E-state index is 13.4. The Morgan fingerprint density at radius 3 is 2.32 bits per heavy atom. The Morgan fingerprint density at radius 1 is 1.05 bits per heavy atom. The summed E-state index contributed by atoms with van der Waals surface area (Å²) in [4.78, 5) is 46.6. The summed E-state index contributed by atoms with van der Waals surface area (Å²) in [7, 11) is 1.76. The molecule has 4 rings (SSSR count). The first kappa shape index (κ1) is 27.5. The molecule has 2 aromatic carbocycles. The minimum Gasteiger partial charge on any atom is -0.347 e. The van der Waals surface area contributed by atoms with E-state index in [4.69, 9.17) is 0 Å². The van der Waals surface area contributed by atoms with Crippen molar-refractivity contribution in [3.8, 4) is 0 Å². The van der Waals surface area contributed by atoms with Crippen LogP contribution in [-0.4, -0.2) is 65.2 Å². The fourth-order valence-corrected chi connectivity index (χ4v) is 5.64. The maximum Gasteiger partial charge on any atom is 0.245 e. The van der Waals surface area contributed by atoms with E-state index in [1.165, 1.54) is 11.3 Å². The van der Waals surface area contributed by atoms with Crippen molar-refractivity contribution in [3.05, 3.63) is 88.4 Å². The van der Waals surface area contributed by atoms with Crippen LogP contribution < -0.4 is 10.6 Å². The number of nitrogens with one attached hydrogen (secondary N) is 2. The van der Waals surface area contributed by atoms with Gasteiger partial charge in [0.25, 0.3) is 0 Å². The van der Waals surface area contributed by atoms with Crippen molar-refractivity contribution in [2.45, 2.75) is 44.3 Å². The molecule has 1 fully saturated rings. The molecule has 200 valence electrons. The minimum absolute atomic E-state index is 0.0666. The summed E-state index contributed by atoms with van der Waals surface area (Å²) in [6.07, 6.45) is 1.74. The number of aromatic nitrogens is 1. The van der Waals surface area contributed by atoms with Gasteiger partial charge in [0.2, 0.25) is 17.7 Å². The Labute approximate surface area is 228 Å². The third-order valence-corrected chi connectivity index (χ3v) is 7.62. The molecule has 1 aliphatic heterocycles. The quantitative estimate of drug-likeness (QED) is 0.418. The number of likely N-dealkylation sites (tertiary alicyclic amines) is 1. The van der Waals surface area contributed by atoms with Crippen LogP contribution in [0, 0.1) is 0 Å². The van der Waals surface area contributed by atoms with E-state index in [0.717, 1.165) is 16.8 Å². The lowest BCUT2D eigenvalue weighted by Gasteiger charge is -2.42. The highest BCUT2D eigenvalue weighted by Gasteiger charge is 2.37. The molecule has 1 aliphatic rings. The van der Waals surface area contributed by atoms with Gasteiger partial charge in [0.15, 0.2) is 0 Å². The molecule has 2 heterocycles. The summed E-state index contributed by atoms with van der Waals surface area (Å²) in [6, 6.07) is 19.1. The first-order valence-electron chi connectivity index (χ1n) is 12.9. The zero-order valence-corrected chi connectivity index (χ0v) is 22.7. The predicted molar refractivity (Wildman–Crippen MR) is 148 cm³/mol. The molecule has 0 saturated carbocycles. The number of carbonyl (C=O) groups excluding carboxylic acids is 3. The number of thiazole rings is 1. The number of nitrogens with zero attached hydrogens (tertiary/aromatic N) is 3. The van der Waals surface area contributed by atoms with Gasteiger partial charge in [0.05, 0.1) is 23.3 Å². The second-order valence-electron chi connectivity index (χ2n) is 9.89. The van der Waals surface area contributed by atoms with Gasteiger partial charge < -0.3 is 15.5 Å². The van der Waals surface area contributed by atoms with Crippen molar-refractivity contribution in [2.24, 2.45) is 0 Å². The average molecular weight is 534 g/mol. The summed E-state index contributed by atoms with van der Waals surface area (Å²) >= 11 is 1.47. The van der Waals surface area contributed by atoms with E-state index in [9.17, 15) is 14.4 Å². The number of amides is 3. The highest BCUT2D eigenvalue weighted by molar-refractivity contribution is 7.07. The standard InChI is InChI=1S/C29H35N5O3S/c1-22(35)32-29(24-11-7-4-8-12-24)13-15-34(16-14-29)19-27(36)31-26(17-25-20-38-21-30-25)28(37)33(2)18-23-9-5-3-6-10-23/h3-12,20-21,26H,13-19H2,1-2H3,(H,31,36)(H,32,35). The van der Waals surface area contributed by atoms with Crippen LogP contribution >= 0.6 is 11.3 Å². The summed E-state index contributed by atoms with van der Waals surface area (Å²) < 4.78 is 0. The molecule has 3 aromatic rings. The molecule has 9 heteroatoms. The van der Waals surface area contributed by atoms with E-state index in [1.807, 2.05) is 66.0 Å². The Kier molecular flexibility index (Phi) is 9.25. The van der Waals surface area contributed by atoms with Gasteiger partial charge in [0, 0.05) is 45.4 Å². The fourth-order valence-electron chi connectivity index (χ4n) is 5.06. The molecule has 0 bridgehead atoms. The monoisotopic (exact) mass is 533 g/mol. The van der Waals surface area contributed by atoms with Crippen LogP contribution in [0.1, 0.15) is 36.6 Å². The molecule has 0 aliphatic carbocycles. The summed E-state index contributed by atoms with van der Waals surface area (Å²) in [6.45, 7) is 3.50. The zero-order chi connectivity index (χ0) is 27.0. The predicted octanol–water partition coefficient (Wildman–Crippen LogP) is 2.96. The number of likely N-dealkylation sites (N-methyl/N-ethyl adjacent to an activating group) is 1. The van der Waals surface area contributed by atoms with Crippen LogP contribution in [0.15, 0.2) is 71.6 Å². The lowest BCUT2D eigenvalue weighted by Crippen LogP contribution is -2.55. The van der Waals surface area contributed by atoms with Crippen molar-refractivity contribution in [2.75, 3.05) is 26.7 Å². The number of rotatable bonds is 10. The van der Waals surface area contributed by atoms with Crippen molar-refractivity contribution in [1.82, 2.24) is 25.4 Å². The van der Waals surface area contributed by atoms with Crippen molar-refractivity contribution < 1.29 is 14.4 Å². The fraction of sp³-hybridized carbons (Fsp3) is 0.379. The van der Waals surface area contributed by atoms with Crippen molar-refractivity contribution in [3.63, 3.8) is 0 Å². The highest BCUT2D eigenvalue weighted by Crippen LogP contribution is 2.33. The topological polar surface area (TPSA) is 94.6 Å². The number of hydrogen-bond acceptors (Lipinski definition) is 6. The number of benzene rings is 2. The van der Waals surface area contributed by atoms with Crippen LogP contribution in [0.2, 0.25) is 0 Å². The van der Waals surface area contributed by atoms with Gasteiger partial charge in [0.1, 0.15) is 6.04 Å². The molecule has 1 atom stereocenters. The molecule has 38 heavy (non-hydrogen) atoms. The normalized spacial score (nSPS) is 15.8. The third kappa shape index (κ3) is 7.26. The van der Waals surface area contributed by atoms with Gasteiger partial charge in [-0.3, -0.25) is 19.3 Å². The zero-order valence-electron chi connectivity index (χ0n) is 21.9. The molecule has 2 N–H and O–H groups in total. The molecule has 3 amide bonds. The SMILES string of the molecule is CC(=O)NC1(c2ccccc2)CCN(CC(=O)NC(Cc2cscn2)C(=O)N(C)Cc2ccccc2)CC1. The average Bonchev–Trinajstić information content (AvgIpc) is 3.43. The van der Waals surface area contributed by atoms with E-state index >= 15 is 0 Å². The van der Waals surface area contributed by atoms with E-state index in [2.05, 4.69) is 20.5 Å². The second-order valence-corrected chi connectivity index (χ2v) is 10.6. The van der Waals surface area contributed by atoms with Gasteiger partial charge in [-0.05, 0) is 24.0 Å². The molecular formula is C29H35N5O3S. The molecule has 0 radical (unpaired) electrons. The first-order chi connectivity index (χ1) is 18.3. The van der Waals surface area contributed by atoms with Gasteiger partial charge in [-0.25, -0.2) is 4.98 Å². The first-order valence-corrected chi connectivity index (χ1v) is 13.8. The van der Waals surface area contributed by atoms with E-state index in [1.54, 1.807) is 24.4 Å². The Morgan fingerprint density at radius 2 is 1.71 bits per heavy atom. The van der Waals surface area contributed by atoms with E-state index in [-0.39, 0.29) is 24.3 Å². The van der Waals surface area contributed by atoms with Crippen LogP contribution in [0.5, 0.6) is 0 Å². The Balaban J connectivity index is 1.38. The summed E-state index contributed by atoms with van der Waals surface area (Å²) in [5, 5.41) is 8.05. The molecular weight excluding hydrogens is 498 g/mol. The van der Waals surface area contributed by atoms with E-state index < -0.39 is 11.6 Å². The molecule has 1 saturated heterocycles. The number of hydrogen-bond donors (Lipinski definition) is 2. The van der Waals surface area contributed by atoms with Gasteiger partial charge >= 0.3 is 0 Å².